The summed E-state index contributed by atoms with van der Waals surface area (Å²) in [6, 6.07) is 8.36. The topological polar surface area (TPSA) is 53.0 Å². The van der Waals surface area contributed by atoms with Gasteiger partial charge in [0.25, 0.3) is 0 Å². The molecule has 0 aliphatic carbocycles. The minimum atomic E-state index is -1.05. The molecule has 2 aromatic rings. The predicted octanol–water partition coefficient (Wildman–Crippen LogP) is 6.10. The fraction of sp³-hybridized carbons (Fsp3) is 0.483. The zero-order valence-corrected chi connectivity index (χ0v) is 21.5. The zero-order valence-electron chi connectivity index (χ0n) is 21.5. The van der Waals surface area contributed by atoms with Crippen molar-refractivity contribution in [2.24, 2.45) is 0 Å². The van der Waals surface area contributed by atoms with Crippen LogP contribution < -0.4 is 0 Å². The van der Waals surface area contributed by atoms with E-state index in [9.17, 15) is 9.90 Å². The van der Waals surface area contributed by atoms with E-state index in [4.69, 9.17) is 4.74 Å². The number of rotatable bonds is 6. The first-order chi connectivity index (χ1) is 16.0. The number of benzene rings is 2. The summed E-state index contributed by atoms with van der Waals surface area (Å²) < 4.78 is 6.18. The molecule has 0 unspecified atom stereocenters. The van der Waals surface area contributed by atoms with Crippen LogP contribution in [0, 0.1) is 20.8 Å². The van der Waals surface area contributed by atoms with Gasteiger partial charge in [0.1, 0.15) is 0 Å². The SMILES string of the molecule is C=C(N1CCCC1)N1Cc2c(C)c(-c3ccc(C)cc3)c([C@H](OC(C)(C)C)C(=O)O)c(C)c2C1. The lowest BCUT2D eigenvalue weighted by atomic mass is 9.83. The van der Waals surface area contributed by atoms with Gasteiger partial charge < -0.3 is 19.6 Å². The summed E-state index contributed by atoms with van der Waals surface area (Å²) >= 11 is 0. The number of carboxylic acid groups (broad SMARTS) is 1. The minimum absolute atomic E-state index is 0.594. The van der Waals surface area contributed by atoms with Gasteiger partial charge in [-0.1, -0.05) is 36.4 Å². The van der Waals surface area contributed by atoms with E-state index in [1.165, 1.54) is 29.5 Å². The van der Waals surface area contributed by atoms with Crippen molar-refractivity contribution in [2.45, 2.75) is 79.2 Å². The molecule has 0 radical (unpaired) electrons. The number of aryl methyl sites for hydroxylation is 1. The van der Waals surface area contributed by atoms with E-state index in [0.29, 0.717) is 0 Å². The van der Waals surface area contributed by atoms with Crippen LogP contribution >= 0.6 is 0 Å². The van der Waals surface area contributed by atoms with Gasteiger partial charge in [0, 0.05) is 31.7 Å². The molecule has 1 fully saturated rings. The Labute approximate surface area is 204 Å². The number of likely N-dealkylation sites (tertiary alicyclic amines) is 1. The van der Waals surface area contributed by atoms with Crippen LogP contribution in [0.5, 0.6) is 0 Å². The number of fused-ring (bicyclic) bond motifs is 1. The second kappa shape index (κ2) is 9.10. The van der Waals surface area contributed by atoms with Crippen LogP contribution in [0.3, 0.4) is 0 Å². The molecule has 0 spiro atoms. The first-order valence-electron chi connectivity index (χ1n) is 12.3. The highest BCUT2D eigenvalue weighted by Crippen LogP contribution is 2.44. The molecule has 0 aromatic heterocycles. The second-order valence-electron chi connectivity index (χ2n) is 10.8. The Kier molecular flexibility index (Phi) is 6.52. The molecule has 1 saturated heterocycles. The minimum Gasteiger partial charge on any atom is -0.479 e. The van der Waals surface area contributed by atoms with Crippen molar-refractivity contribution in [2.75, 3.05) is 13.1 Å². The van der Waals surface area contributed by atoms with Gasteiger partial charge >= 0.3 is 5.97 Å². The van der Waals surface area contributed by atoms with Gasteiger partial charge in [-0.2, -0.15) is 0 Å². The number of hydrogen-bond acceptors (Lipinski definition) is 4. The maximum Gasteiger partial charge on any atom is 0.337 e. The monoisotopic (exact) mass is 462 g/mol. The number of hydrogen-bond donors (Lipinski definition) is 1. The van der Waals surface area contributed by atoms with Crippen molar-refractivity contribution in [3.63, 3.8) is 0 Å². The van der Waals surface area contributed by atoms with Crippen molar-refractivity contribution in [3.05, 3.63) is 70.0 Å². The van der Waals surface area contributed by atoms with Crippen LogP contribution in [-0.4, -0.2) is 39.6 Å². The quantitative estimate of drug-likeness (QED) is 0.562. The summed E-state index contributed by atoms with van der Waals surface area (Å²) in [4.78, 5) is 17.3. The summed E-state index contributed by atoms with van der Waals surface area (Å²) in [5, 5.41) is 10.3. The largest absolute Gasteiger partial charge is 0.479 e. The molecule has 5 heteroatoms. The Balaban J connectivity index is 1.88. The van der Waals surface area contributed by atoms with Crippen molar-refractivity contribution in [3.8, 4) is 11.1 Å². The van der Waals surface area contributed by atoms with E-state index in [-0.39, 0.29) is 0 Å². The van der Waals surface area contributed by atoms with Crippen LogP contribution in [0.15, 0.2) is 36.7 Å². The summed E-state index contributed by atoms with van der Waals surface area (Å²) in [6.45, 7) is 20.1. The molecule has 0 amide bonds. The van der Waals surface area contributed by atoms with Crippen LogP contribution in [0.2, 0.25) is 0 Å². The molecule has 2 heterocycles. The molecule has 5 nitrogen and oxygen atoms in total. The highest BCUT2D eigenvalue weighted by Gasteiger charge is 2.36. The molecular weight excluding hydrogens is 424 g/mol. The molecule has 0 saturated carbocycles. The van der Waals surface area contributed by atoms with Crippen molar-refractivity contribution in [1.29, 1.82) is 0 Å². The molecule has 1 atom stereocenters. The lowest BCUT2D eigenvalue weighted by Gasteiger charge is -2.30. The molecule has 1 N–H and O–H groups in total. The van der Waals surface area contributed by atoms with E-state index in [1.807, 2.05) is 20.8 Å². The lowest BCUT2D eigenvalue weighted by molar-refractivity contribution is -0.160. The third-order valence-electron chi connectivity index (χ3n) is 7.15. The fourth-order valence-corrected chi connectivity index (χ4v) is 5.39. The highest BCUT2D eigenvalue weighted by molar-refractivity contribution is 5.84. The maximum absolute atomic E-state index is 12.6. The van der Waals surface area contributed by atoms with E-state index < -0.39 is 17.7 Å². The number of aliphatic carboxylic acids is 1. The Morgan fingerprint density at radius 1 is 0.971 bits per heavy atom. The number of carboxylic acids is 1. The van der Waals surface area contributed by atoms with Gasteiger partial charge in [-0.3, -0.25) is 0 Å². The molecule has 0 bridgehead atoms. The predicted molar refractivity (Wildman–Crippen MR) is 136 cm³/mol. The molecule has 2 aliphatic rings. The summed E-state index contributed by atoms with van der Waals surface area (Å²) in [7, 11) is 0. The molecular formula is C29H38N2O3. The van der Waals surface area contributed by atoms with Gasteiger partial charge in [0.2, 0.25) is 0 Å². The lowest BCUT2D eigenvalue weighted by Crippen LogP contribution is -2.29. The van der Waals surface area contributed by atoms with Gasteiger partial charge in [-0.15, -0.1) is 0 Å². The molecule has 182 valence electrons. The van der Waals surface area contributed by atoms with Gasteiger partial charge in [0.15, 0.2) is 6.10 Å². The Morgan fingerprint density at radius 3 is 2.06 bits per heavy atom. The van der Waals surface area contributed by atoms with E-state index in [1.54, 1.807) is 0 Å². The summed E-state index contributed by atoms with van der Waals surface area (Å²) in [5.41, 5.74) is 8.04. The summed E-state index contributed by atoms with van der Waals surface area (Å²) in [6.07, 6.45) is 1.38. The second-order valence-corrected chi connectivity index (χ2v) is 10.8. The third kappa shape index (κ3) is 4.58. The smallest absolute Gasteiger partial charge is 0.337 e. The average Bonchev–Trinajstić information content (AvgIpc) is 3.45. The van der Waals surface area contributed by atoms with E-state index >= 15 is 0 Å². The maximum atomic E-state index is 12.6. The first-order valence-corrected chi connectivity index (χ1v) is 12.3. The van der Waals surface area contributed by atoms with Gasteiger partial charge in [-0.05, 0) is 87.8 Å². The number of carbonyl (C=O) groups is 1. The van der Waals surface area contributed by atoms with Crippen molar-refractivity contribution in [1.82, 2.24) is 9.80 Å². The van der Waals surface area contributed by atoms with Crippen molar-refractivity contribution < 1.29 is 14.6 Å². The van der Waals surface area contributed by atoms with Crippen LogP contribution in [-0.2, 0) is 22.6 Å². The Bertz CT molecular complexity index is 1110. The fourth-order valence-electron chi connectivity index (χ4n) is 5.39. The van der Waals surface area contributed by atoms with Crippen LogP contribution in [0.1, 0.15) is 73.1 Å². The Morgan fingerprint density at radius 2 is 1.53 bits per heavy atom. The molecule has 2 aliphatic heterocycles. The Hall–Kier alpha value is -2.79. The summed E-state index contributed by atoms with van der Waals surface area (Å²) in [5.74, 6) is 0.119. The van der Waals surface area contributed by atoms with Crippen molar-refractivity contribution >= 4 is 5.97 Å². The van der Waals surface area contributed by atoms with E-state index in [0.717, 1.165) is 59.8 Å². The third-order valence-corrected chi connectivity index (χ3v) is 7.15. The normalized spacial score (nSPS) is 16.6. The van der Waals surface area contributed by atoms with Crippen LogP contribution in [0.25, 0.3) is 11.1 Å². The number of ether oxygens (including phenoxy) is 1. The molecule has 2 aromatic carbocycles. The van der Waals surface area contributed by atoms with Crippen LogP contribution in [0.4, 0.5) is 0 Å². The number of nitrogens with zero attached hydrogens (tertiary/aromatic N) is 2. The van der Waals surface area contributed by atoms with Gasteiger partial charge in [0.05, 0.1) is 11.4 Å². The average molecular weight is 463 g/mol. The van der Waals surface area contributed by atoms with E-state index in [2.05, 4.69) is 61.4 Å². The van der Waals surface area contributed by atoms with Gasteiger partial charge in [-0.25, -0.2) is 4.79 Å². The first kappa shape index (κ1) is 24.3. The molecule has 4 rings (SSSR count). The highest BCUT2D eigenvalue weighted by atomic mass is 16.5. The molecule has 34 heavy (non-hydrogen) atoms. The zero-order chi connectivity index (χ0) is 24.8. The standard InChI is InChI=1S/C29H38N2O3/c1-18-10-12-22(13-11-18)25-19(2)23-16-31(21(4)30-14-8-9-15-30)17-24(23)20(3)26(25)27(28(32)33)34-29(5,6)7/h10-13,27H,4,8-9,14-17H2,1-3,5-7H3,(H,32,33)/t27-/m0/s1.